The van der Waals surface area contributed by atoms with Crippen LogP contribution in [0.4, 0.5) is 5.82 Å². The molecule has 0 saturated heterocycles. The molecule has 0 amide bonds. The van der Waals surface area contributed by atoms with Crippen LogP contribution in [0.15, 0.2) is 42.7 Å². The molecule has 0 aliphatic rings. The zero-order valence-corrected chi connectivity index (χ0v) is 10.8. The number of anilines is 1. The van der Waals surface area contributed by atoms with Gasteiger partial charge in [0.15, 0.2) is 5.65 Å². The van der Waals surface area contributed by atoms with E-state index in [1.165, 1.54) is 0 Å². The minimum Gasteiger partial charge on any atom is -0.369 e. The summed E-state index contributed by atoms with van der Waals surface area (Å²) in [5.41, 5.74) is 7.89. The van der Waals surface area contributed by atoms with Gasteiger partial charge in [0.2, 0.25) is 0 Å². The van der Waals surface area contributed by atoms with E-state index >= 15 is 0 Å². The van der Waals surface area contributed by atoms with Crippen LogP contribution >= 0.6 is 0 Å². The van der Waals surface area contributed by atoms with E-state index in [1.54, 1.807) is 16.9 Å². The molecule has 3 rings (SSSR count). The van der Waals surface area contributed by atoms with Gasteiger partial charge in [-0.1, -0.05) is 30.3 Å². The van der Waals surface area contributed by atoms with E-state index in [0.29, 0.717) is 5.65 Å². The molecule has 7 nitrogen and oxygen atoms in total. The van der Waals surface area contributed by atoms with Crippen LogP contribution < -0.4 is 11.1 Å². The second-order valence-electron chi connectivity index (χ2n) is 4.47. The van der Waals surface area contributed by atoms with E-state index in [2.05, 4.69) is 25.8 Å². The highest BCUT2D eigenvalue weighted by Gasteiger charge is 2.06. The number of nitrogens with zero attached hydrogens (tertiary/aromatic N) is 5. The minimum absolute atomic E-state index is 0.00438. The number of hydrogen-bond donors (Lipinski definition) is 2. The Bertz CT molecular complexity index is 679. The van der Waals surface area contributed by atoms with Crippen molar-refractivity contribution < 1.29 is 0 Å². The Balaban J connectivity index is 1.61. The molecule has 1 aromatic carbocycles. The van der Waals surface area contributed by atoms with Gasteiger partial charge in [-0.05, 0) is 22.4 Å². The molecule has 0 aliphatic heterocycles. The molecule has 7 heteroatoms. The van der Waals surface area contributed by atoms with E-state index in [-0.39, 0.29) is 6.04 Å². The molecular weight excluding hydrogens is 254 g/mol. The number of aromatic nitrogens is 5. The van der Waals surface area contributed by atoms with Gasteiger partial charge in [-0.15, -0.1) is 5.10 Å². The Hall–Kier alpha value is -2.54. The number of benzene rings is 1. The van der Waals surface area contributed by atoms with E-state index in [9.17, 15) is 0 Å². The fourth-order valence-corrected chi connectivity index (χ4v) is 2.02. The molecule has 3 aromatic rings. The second kappa shape index (κ2) is 5.62. The van der Waals surface area contributed by atoms with Crippen LogP contribution in [0.1, 0.15) is 18.0 Å². The summed E-state index contributed by atoms with van der Waals surface area (Å²) < 4.78 is 1.61. The molecule has 0 aliphatic carbocycles. The first kappa shape index (κ1) is 12.5. The maximum absolute atomic E-state index is 6.15. The van der Waals surface area contributed by atoms with Crippen molar-refractivity contribution in [3.8, 4) is 0 Å². The molecule has 0 spiro atoms. The smallest absolute Gasteiger partial charge is 0.199 e. The molecule has 0 fully saturated rings. The lowest BCUT2D eigenvalue weighted by atomic mass is 10.1. The summed E-state index contributed by atoms with van der Waals surface area (Å²) >= 11 is 0. The van der Waals surface area contributed by atoms with Crippen molar-refractivity contribution in [2.45, 2.75) is 12.5 Å². The third-order valence-electron chi connectivity index (χ3n) is 3.10. The number of rotatable bonds is 5. The largest absolute Gasteiger partial charge is 0.369 e. The first-order chi connectivity index (χ1) is 9.84. The molecule has 1 atom stereocenters. The van der Waals surface area contributed by atoms with Gasteiger partial charge in [0, 0.05) is 12.6 Å². The highest BCUT2D eigenvalue weighted by Crippen LogP contribution is 2.13. The van der Waals surface area contributed by atoms with Gasteiger partial charge in [-0.2, -0.15) is 4.52 Å². The molecule has 0 saturated carbocycles. The Morgan fingerprint density at radius 2 is 2.05 bits per heavy atom. The summed E-state index contributed by atoms with van der Waals surface area (Å²) in [6, 6.07) is 10.0. The van der Waals surface area contributed by atoms with Gasteiger partial charge in [-0.3, -0.25) is 4.98 Å². The van der Waals surface area contributed by atoms with Crippen LogP contribution in [-0.2, 0) is 0 Å². The Morgan fingerprint density at radius 1 is 1.20 bits per heavy atom. The van der Waals surface area contributed by atoms with Crippen LogP contribution in [0.5, 0.6) is 0 Å². The third-order valence-corrected chi connectivity index (χ3v) is 3.10. The Labute approximate surface area is 115 Å². The maximum Gasteiger partial charge on any atom is 0.199 e. The molecular formula is C13H15N7. The maximum atomic E-state index is 6.15. The fraction of sp³-hybridized carbons (Fsp3) is 0.231. The van der Waals surface area contributed by atoms with Crippen molar-refractivity contribution in [2.24, 2.45) is 5.73 Å². The highest BCUT2D eigenvalue weighted by molar-refractivity contribution is 5.43. The first-order valence-corrected chi connectivity index (χ1v) is 6.41. The van der Waals surface area contributed by atoms with Gasteiger partial charge in [0.05, 0.1) is 12.4 Å². The van der Waals surface area contributed by atoms with Crippen LogP contribution in [0.25, 0.3) is 5.65 Å². The van der Waals surface area contributed by atoms with Crippen LogP contribution in [0, 0.1) is 0 Å². The van der Waals surface area contributed by atoms with Crippen molar-refractivity contribution in [1.82, 2.24) is 25.0 Å². The summed E-state index contributed by atoms with van der Waals surface area (Å²) in [5, 5.41) is 14.6. The predicted octanol–water partition coefficient (Wildman–Crippen LogP) is 1.02. The monoisotopic (exact) mass is 269 g/mol. The lowest BCUT2D eigenvalue weighted by Gasteiger charge is -2.13. The molecule has 20 heavy (non-hydrogen) atoms. The zero-order valence-electron chi connectivity index (χ0n) is 10.8. The summed E-state index contributed by atoms with van der Waals surface area (Å²) in [7, 11) is 0. The molecule has 0 radical (unpaired) electrons. The van der Waals surface area contributed by atoms with Crippen LogP contribution in [0.2, 0.25) is 0 Å². The number of nitrogens with one attached hydrogen (secondary N) is 1. The van der Waals surface area contributed by atoms with E-state index in [0.717, 1.165) is 24.3 Å². The number of fused-ring (bicyclic) bond motifs is 1. The van der Waals surface area contributed by atoms with E-state index < -0.39 is 0 Å². The van der Waals surface area contributed by atoms with E-state index in [4.69, 9.17) is 5.73 Å². The van der Waals surface area contributed by atoms with Crippen molar-refractivity contribution >= 4 is 11.5 Å². The summed E-state index contributed by atoms with van der Waals surface area (Å²) in [6.45, 7) is 0.719. The molecule has 102 valence electrons. The average Bonchev–Trinajstić information content (AvgIpc) is 2.97. The Morgan fingerprint density at radius 3 is 2.90 bits per heavy atom. The second-order valence-corrected chi connectivity index (χ2v) is 4.47. The molecule has 3 N–H and O–H groups in total. The SMILES string of the molecule is NC(CCNc1cncc2nnnn12)c1ccccc1. The van der Waals surface area contributed by atoms with Gasteiger partial charge in [0.25, 0.3) is 0 Å². The third kappa shape index (κ3) is 2.57. The normalized spacial score (nSPS) is 12.4. The van der Waals surface area contributed by atoms with Gasteiger partial charge >= 0.3 is 0 Å². The zero-order chi connectivity index (χ0) is 13.8. The van der Waals surface area contributed by atoms with Crippen molar-refractivity contribution in [3.63, 3.8) is 0 Å². The highest BCUT2D eigenvalue weighted by atomic mass is 15.5. The van der Waals surface area contributed by atoms with Crippen LogP contribution in [0.3, 0.4) is 0 Å². The standard InChI is InChI=1S/C13H15N7/c14-11(10-4-2-1-3-5-10)6-7-16-12-8-15-9-13-17-18-19-20(12)13/h1-5,8-9,11,16H,6-7,14H2. The summed E-state index contributed by atoms with van der Waals surface area (Å²) in [5.74, 6) is 0.757. The van der Waals surface area contributed by atoms with Crippen molar-refractivity contribution in [3.05, 3.63) is 48.3 Å². The fourth-order valence-electron chi connectivity index (χ4n) is 2.02. The topological polar surface area (TPSA) is 94.0 Å². The van der Waals surface area contributed by atoms with Crippen LogP contribution in [-0.4, -0.2) is 31.6 Å². The first-order valence-electron chi connectivity index (χ1n) is 6.41. The summed E-state index contributed by atoms with van der Waals surface area (Å²) in [4.78, 5) is 4.08. The lowest BCUT2D eigenvalue weighted by Crippen LogP contribution is -2.16. The van der Waals surface area contributed by atoms with E-state index in [1.807, 2.05) is 30.3 Å². The number of tetrazole rings is 1. The number of nitrogens with two attached hydrogens (primary N) is 1. The van der Waals surface area contributed by atoms with Gasteiger partial charge in [0.1, 0.15) is 5.82 Å². The lowest BCUT2D eigenvalue weighted by molar-refractivity contribution is 0.671. The Kier molecular flexibility index (Phi) is 3.51. The number of hydrogen-bond acceptors (Lipinski definition) is 6. The van der Waals surface area contributed by atoms with Gasteiger partial charge in [-0.25, -0.2) is 0 Å². The van der Waals surface area contributed by atoms with Crippen molar-refractivity contribution in [2.75, 3.05) is 11.9 Å². The molecule has 1 unspecified atom stereocenters. The average molecular weight is 269 g/mol. The molecule has 0 bridgehead atoms. The van der Waals surface area contributed by atoms with Gasteiger partial charge < -0.3 is 11.1 Å². The quantitative estimate of drug-likeness (QED) is 0.718. The molecule has 2 heterocycles. The van der Waals surface area contributed by atoms with Crippen molar-refractivity contribution in [1.29, 1.82) is 0 Å². The predicted molar refractivity (Wildman–Crippen MR) is 75.1 cm³/mol. The minimum atomic E-state index is 0.00438. The summed E-state index contributed by atoms with van der Waals surface area (Å²) in [6.07, 6.45) is 4.11. The molecule has 2 aromatic heterocycles.